The molecule has 160 valence electrons. The number of halogens is 1. The lowest BCUT2D eigenvalue weighted by molar-refractivity contribution is 0.0368. The molecule has 3 aliphatic rings. The molecule has 5 rings (SSSR count). The molecule has 1 saturated heterocycles. The number of piperidine rings is 1. The molecule has 1 aliphatic carbocycles. The molecule has 7 nitrogen and oxygen atoms in total. The van der Waals surface area contributed by atoms with Crippen LogP contribution in [0.25, 0.3) is 11.4 Å². The number of pyridine rings is 1. The lowest BCUT2D eigenvalue weighted by atomic mass is 9.87. The zero-order chi connectivity index (χ0) is 20.8. The van der Waals surface area contributed by atoms with E-state index in [1.54, 1.807) is 4.68 Å². The molecule has 0 bridgehead atoms. The number of fused-ring (bicyclic) bond motifs is 1. The first-order valence-corrected chi connectivity index (χ1v) is 10.7. The van der Waals surface area contributed by atoms with Gasteiger partial charge in [0.25, 0.3) is 0 Å². The average molecular weight is 413 g/mol. The van der Waals surface area contributed by atoms with Crippen LogP contribution < -0.4 is 10.6 Å². The molecular weight excluding hydrogens is 383 g/mol. The van der Waals surface area contributed by atoms with Crippen LogP contribution in [0.15, 0.2) is 30.4 Å². The fraction of sp³-hybridized carbons (Fsp3) is 0.545. The third kappa shape index (κ3) is 3.43. The summed E-state index contributed by atoms with van der Waals surface area (Å²) in [6, 6.07) is 5.09. The molecule has 8 heteroatoms. The first-order valence-electron chi connectivity index (χ1n) is 10.7. The predicted molar refractivity (Wildman–Crippen MR) is 114 cm³/mol. The number of nitrogens with two attached hydrogens (primary N) is 1. The van der Waals surface area contributed by atoms with Crippen molar-refractivity contribution in [3.05, 3.63) is 41.7 Å². The van der Waals surface area contributed by atoms with Gasteiger partial charge in [0.05, 0.1) is 11.9 Å². The fourth-order valence-corrected chi connectivity index (χ4v) is 4.71. The Balaban J connectivity index is 1.23. The first kappa shape index (κ1) is 19.4. The van der Waals surface area contributed by atoms with Crippen molar-refractivity contribution < 1.29 is 9.13 Å². The van der Waals surface area contributed by atoms with E-state index in [2.05, 4.69) is 33.0 Å². The van der Waals surface area contributed by atoms with Crippen molar-refractivity contribution in [1.29, 1.82) is 0 Å². The number of anilines is 1. The maximum Gasteiger partial charge on any atom is 0.189 e. The molecule has 2 fully saturated rings. The highest BCUT2D eigenvalue weighted by molar-refractivity contribution is 5.66. The van der Waals surface area contributed by atoms with Crippen molar-refractivity contribution in [2.24, 2.45) is 5.73 Å². The Kier molecular flexibility index (Phi) is 4.89. The molecule has 2 aromatic heterocycles. The minimum absolute atomic E-state index is 0.427. The second-order valence-electron chi connectivity index (χ2n) is 8.71. The number of alkyl halides is 1. The number of hydrogen-bond donors (Lipinski definition) is 1. The van der Waals surface area contributed by atoms with Crippen LogP contribution in [0.4, 0.5) is 10.1 Å². The van der Waals surface area contributed by atoms with Crippen LogP contribution in [0.2, 0.25) is 0 Å². The summed E-state index contributed by atoms with van der Waals surface area (Å²) in [7, 11) is 2.16. The lowest BCUT2D eigenvalue weighted by Gasteiger charge is -2.45. The van der Waals surface area contributed by atoms with Crippen molar-refractivity contribution in [2.45, 2.75) is 57.5 Å². The van der Waals surface area contributed by atoms with E-state index < -0.39 is 6.17 Å². The predicted octanol–water partition coefficient (Wildman–Crippen LogP) is 2.85. The topological polar surface area (TPSA) is 72.4 Å². The van der Waals surface area contributed by atoms with Gasteiger partial charge in [0.15, 0.2) is 11.7 Å². The van der Waals surface area contributed by atoms with Crippen molar-refractivity contribution in [3.63, 3.8) is 0 Å². The average Bonchev–Trinajstić information content (AvgIpc) is 3.19. The highest BCUT2D eigenvalue weighted by atomic mass is 19.1. The van der Waals surface area contributed by atoms with Gasteiger partial charge in [-0.3, -0.25) is 0 Å². The van der Waals surface area contributed by atoms with E-state index >= 15 is 0 Å². The Labute approximate surface area is 176 Å². The van der Waals surface area contributed by atoms with Crippen molar-refractivity contribution in [2.75, 3.05) is 25.0 Å². The molecule has 0 unspecified atom stereocenters. The Morgan fingerprint density at radius 3 is 2.63 bits per heavy atom. The fourth-order valence-electron chi connectivity index (χ4n) is 4.71. The van der Waals surface area contributed by atoms with Crippen LogP contribution in [-0.4, -0.2) is 58.1 Å². The van der Waals surface area contributed by atoms with Gasteiger partial charge in [0, 0.05) is 42.5 Å². The second kappa shape index (κ2) is 7.58. The van der Waals surface area contributed by atoms with Gasteiger partial charge in [-0.05, 0) is 51.8 Å². The smallest absolute Gasteiger partial charge is 0.189 e. The van der Waals surface area contributed by atoms with E-state index in [0.717, 1.165) is 54.3 Å². The zero-order valence-corrected chi connectivity index (χ0v) is 17.6. The number of rotatable bonds is 4. The third-order valence-electron chi connectivity index (χ3n) is 6.90. The third-order valence-corrected chi connectivity index (χ3v) is 6.90. The van der Waals surface area contributed by atoms with E-state index in [4.69, 9.17) is 10.5 Å². The maximum atomic E-state index is 13.2. The summed E-state index contributed by atoms with van der Waals surface area (Å²) < 4.78 is 20.4. The van der Waals surface area contributed by atoms with Gasteiger partial charge in [-0.15, -0.1) is 0 Å². The highest BCUT2D eigenvalue weighted by Gasteiger charge is 2.36. The summed E-state index contributed by atoms with van der Waals surface area (Å²) in [5, 5.41) is 4.65. The maximum absolute atomic E-state index is 13.2. The number of hydrogen-bond acceptors (Lipinski definition) is 6. The van der Waals surface area contributed by atoms with Crippen LogP contribution in [0.1, 0.15) is 43.9 Å². The standard InChI is InChI=1S/C22H29FN6O/c1-14-21-15(13-30-22(14)24)12-29(26-21)20-4-3-18(11-25-20)28-7-5-17(6-8-28)27(2)19-9-16(23)10-19/h3-4,11-12,16-17,19H,5-10,13,24H2,1-2H3. The van der Waals surface area contributed by atoms with Gasteiger partial charge < -0.3 is 20.3 Å². The molecule has 30 heavy (non-hydrogen) atoms. The molecule has 1 saturated carbocycles. The quantitative estimate of drug-likeness (QED) is 0.833. The highest BCUT2D eigenvalue weighted by Crippen LogP contribution is 2.32. The molecule has 0 spiro atoms. The minimum Gasteiger partial charge on any atom is -0.474 e. The van der Waals surface area contributed by atoms with E-state index in [0.29, 0.717) is 37.4 Å². The van der Waals surface area contributed by atoms with E-state index in [1.807, 2.05) is 25.4 Å². The molecule has 2 aromatic rings. The summed E-state index contributed by atoms with van der Waals surface area (Å²) in [5.74, 6) is 1.21. The van der Waals surface area contributed by atoms with Crippen LogP contribution >= 0.6 is 0 Å². The number of aromatic nitrogens is 3. The van der Waals surface area contributed by atoms with Crippen molar-refractivity contribution >= 4 is 11.3 Å². The SMILES string of the molecule is CC1=C(N)OCc2cn(-c3ccc(N4CCC(N(C)C5CC(F)C5)CC4)cn3)nc21. The van der Waals surface area contributed by atoms with Gasteiger partial charge in [0.2, 0.25) is 0 Å². The number of ether oxygens (including phenoxy) is 1. The van der Waals surface area contributed by atoms with E-state index in [9.17, 15) is 4.39 Å². The molecular formula is C22H29FN6O. The summed E-state index contributed by atoms with van der Waals surface area (Å²) in [5.41, 5.74) is 9.76. The van der Waals surface area contributed by atoms with Gasteiger partial charge in [-0.2, -0.15) is 5.10 Å². The first-order chi connectivity index (χ1) is 14.5. The van der Waals surface area contributed by atoms with Gasteiger partial charge >= 0.3 is 0 Å². The molecule has 4 heterocycles. The summed E-state index contributed by atoms with van der Waals surface area (Å²) >= 11 is 0. The minimum atomic E-state index is -0.590. The molecule has 0 radical (unpaired) electrons. The van der Waals surface area contributed by atoms with Crippen LogP contribution in [0, 0.1) is 0 Å². The zero-order valence-electron chi connectivity index (χ0n) is 17.6. The van der Waals surface area contributed by atoms with Gasteiger partial charge in [-0.25, -0.2) is 14.1 Å². The van der Waals surface area contributed by atoms with Crippen molar-refractivity contribution in [1.82, 2.24) is 19.7 Å². The molecule has 0 atom stereocenters. The summed E-state index contributed by atoms with van der Waals surface area (Å²) in [6.45, 7) is 4.35. The Morgan fingerprint density at radius 2 is 1.97 bits per heavy atom. The van der Waals surface area contributed by atoms with Crippen molar-refractivity contribution in [3.8, 4) is 5.82 Å². The second-order valence-corrected chi connectivity index (χ2v) is 8.71. The largest absolute Gasteiger partial charge is 0.474 e. The Morgan fingerprint density at radius 1 is 1.20 bits per heavy atom. The molecule has 0 amide bonds. The monoisotopic (exact) mass is 412 g/mol. The Bertz CT molecular complexity index is 941. The van der Waals surface area contributed by atoms with Gasteiger partial charge in [-0.1, -0.05) is 0 Å². The van der Waals surface area contributed by atoms with E-state index in [-0.39, 0.29) is 0 Å². The molecule has 0 aromatic carbocycles. The number of allylic oxidation sites excluding steroid dienone is 1. The van der Waals surface area contributed by atoms with E-state index in [1.165, 1.54) is 0 Å². The van der Waals surface area contributed by atoms with Gasteiger partial charge in [0.1, 0.15) is 18.5 Å². The molecule has 2 N–H and O–H groups in total. The lowest BCUT2D eigenvalue weighted by Crippen LogP contribution is -2.52. The summed E-state index contributed by atoms with van der Waals surface area (Å²) in [6.07, 6.45) is 6.90. The van der Waals surface area contributed by atoms with Crippen LogP contribution in [-0.2, 0) is 11.3 Å². The molecule has 2 aliphatic heterocycles. The number of nitrogens with zero attached hydrogens (tertiary/aromatic N) is 5. The van der Waals surface area contributed by atoms with Crippen LogP contribution in [0.5, 0.6) is 0 Å². The summed E-state index contributed by atoms with van der Waals surface area (Å²) in [4.78, 5) is 9.43. The van der Waals surface area contributed by atoms with Crippen LogP contribution in [0.3, 0.4) is 0 Å². The Hall–Kier alpha value is -2.61. The normalized spacial score (nSPS) is 24.6.